The molecule has 0 bridgehead atoms. The smallest absolute Gasteiger partial charge is 0.379 e. The van der Waals surface area contributed by atoms with Crippen LogP contribution in [0, 0.1) is 6.92 Å². The van der Waals surface area contributed by atoms with Crippen molar-refractivity contribution in [2.24, 2.45) is 0 Å². The fraction of sp³-hybridized carbons (Fsp3) is 0.471. The van der Waals surface area contributed by atoms with E-state index in [1.807, 2.05) is 0 Å². The summed E-state index contributed by atoms with van der Waals surface area (Å²) in [6.45, 7) is 2.70. The van der Waals surface area contributed by atoms with Crippen LogP contribution in [0.4, 0.5) is 13.2 Å². The molecule has 0 atom stereocenters. The number of carbonyl (C=O) groups is 1. The van der Waals surface area contributed by atoms with Crippen LogP contribution in [0.1, 0.15) is 21.6 Å². The summed E-state index contributed by atoms with van der Waals surface area (Å²) < 4.78 is 70.2. The number of ether oxygens (including phenoxy) is 1. The van der Waals surface area contributed by atoms with E-state index in [2.05, 4.69) is 15.4 Å². The molecule has 3 heterocycles. The highest BCUT2D eigenvalue weighted by Crippen LogP contribution is 2.28. The molecular weight excluding hydrogens is 427 g/mol. The van der Waals surface area contributed by atoms with Gasteiger partial charge in [-0.2, -0.15) is 22.6 Å². The zero-order valence-electron chi connectivity index (χ0n) is 16.0. The molecule has 9 nitrogen and oxygen atoms in total. The summed E-state index contributed by atoms with van der Waals surface area (Å²) in [6.07, 6.45) is -2.57. The van der Waals surface area contributed by atoms with Gasteiger partial charge in [0.25, 0.3) is 5.91 Å². The van der Waals surface area contributed by atoms with Gasteiger partial charge in [-0.05, 0) is 19.1 Å². The molecule has 164 valence electrons. The van der Waals surface area contributed by atoms with Crippen LogP contribution < -0.4 is 5.32 Å². The highest BCUT2D eigenvalue weighted by atomic mass is 32.2. The molecule has 3 rings (SSSR count). The second kappa shape index (κ2) is 8.70. The molecule has 0 radical (unpaired) electrons. The summed E-state index contributed by atoms with van der Waals surface area (Å²) in [7, 11) is -3.51. The standard InChI is InChI=1S/C17H20F3N5O4S/c1-12-14(11-23-25(12)15-3-2-13(10-22-15)17(18,19)20)16(26)21-4-9-30(27,28)24-5-7-29-8-6-24/h2-3,10-11H,4-9H2,1H3,(H,21,26). The fourth-order valence-electron chi connectivity index (χ4n) is 2.89. The lowest BCUT2D eigenvalue weighted by atomic mass is 10.2. The Morgan fingerprint density at radius 1 is 1.23 bits per heavy atom. The number of morpholine rings is 1. The summed E-state index contributed by atoms with van der Waals surface area (Å²) >= 11 is 0. The Bertz CT molecular complexity index is 999. The Morgan fingerprint density at radius 3 is 2.53 bits per heavy atom. The van der Waals surface area contributed by atoms with Crippen LogP contribution in [0.25, 0.3) is 5.82 Å². The first-order valence-electron chi connectivity index (χ1n) is 9.01. The van der Waals surface area contributed by atoms with Crippen LogP contribution in [-0.4, -0.2) is 72.0 Å². The molecule has 0 saturated carbocycles. The molecule has 0 aromatic carbocycles. The van der Waals surface area contributed by atoms with E-state index in [4.69, 9.17) is 4.74 Å². The fourth-order valence-corrected chi connectivity index (χ4v) is 4.21. The zero-order chi connectivity index (χ0) is 21.9. The van der Waals surface area contributed by atoms with Crippen molar-refractivity contribution in [3.63, 3.8) is 0 Å². The van der Waals surface area contributed by atoms with Gasteiger partial charge in [-0.3, -0.25) is 4.79 Å². The van der Waals surface area contributed by atoms with E-state index in [0.717, 1.165) is 12.1 Å². The first kappa shape index (κ1) is 22.2. The van der Waals surface area contributed by atoms with Crippen LogP contribution >= 0.6 is 0 Å². The van der Waals surface area contributed by atoms with E-state index in [0.29, 0.717) is 25.1 Å². The largest absolute Gasteiger partial charge is 0.417 e. The first-order valence-corrected chi connectivity index (χ1v) is 10.6. The van der Waals surface area contributed by atoms with E-state index in [9.17, 15) is 26.4 Å². The summed E-state index contributed by atoms with van der Waals surface area (Å²) in [5.41, 5.74) is -0.369. The van der Waals surface area contributed by atoms with Crippen molar-refractivity contribution < 1.29 is 31.1 Å². The Hall–Kier alpha value is -2.51. The number of hydrogen-bond donors (Lipinski definition) is 1. The minimum Gasteiger partial charge on any atom is -0.379 e. The topological polar surface area (TPSA) is 106 Å². The van der Waals surface area contributed by atoms with Gasteiger partial charge in [-0.1, -0.05) is 0 Å². The zero-order valence-corrected chi connectivity index (χ0v) is 16.8. The van der Waals surface area contributed by atoms with Crippen molar-refractivity contribution in [1.82, 2.24) is 24.4 Å². The number of hydrogen-bond acceptors (Lipinski definition) is 6. The van der Waals surface area contributed by atoms with E-state index in [-0.39, 0.29) is 36.8 Å². The van der Waals surface area contributed by atoms with Gasteiger partial charge in [-0.25, -0.2) is 18.1 Å². The molecule has 13 heteroatoms. The lowest BCUT2D eigenvalue weighted by Crippen LogP contribution is -2.43. The SMILES string of the molecule is Cc1c(C(=O)NCCS(=O)(=O)N2CCOCC2)cnn1-c1ccc(C(F)(F)F)cn1. The van der Waals surface area contributed by atoms with Gasteiger partial charge in [0.1, 0.15) is 0 Å². The minimum absolute atomic E-state index is 0.0956. The van der Waals surface area contributed by atoms with Crippen LogP contribution in [0.2, 0.25) is 0 Å². The van der Waals surface area contributed by atoms with Gasteiger partial charge >= 0.3 is 6.18 Å². The van der Waals surface area contributed by atoms with Crippen molar-refractivity contribution in [2.45, 2.75) is 13.1 Å². The molecule has 1 aliphatic rings. The predicted octanol–water partition coefficient (Wildman–Crippen LogP) is 0.986. The third-order valence-corrected chi connectivity index (χ3v) is 6.43. The number of aromatic nitrogens is 3. The molecule has 0 aliphatic carbocycles. The molecule has 30 heavy (non-hydrogen) atoms. The monoisotopic (exact) mass is 447 g/mol. The predicted molar refractivity (Wildman–Crippen MR) is 99.6 cm³/mol. The normalized spacial score (nSPS) is 15.9. The average molecular weight is 447 g/mol. The van der Waals surface area contributed by atoms with Crippen LogP contribution in [-0.2, 0) is 20.9 Å². The molecule has 1 amide bonds. The molecule has 1 fully saturated rings. The minimum atomic E-state index is -4.50. The maximum absolute atomic E-state index is 12.7. The molecule has 1 aliphatic heterocycles. The molecular formula is C17H20F3N5O4S. The number of alkyl halides is 3. The number of pyridine rings is 1. The maximum Gasteiger partial charge on any atom is 0.417 e. The van der Waals surface area contributed by atoms with Crippen molar-refractivity contribution >= 4 is 15.9 Å². The maximum atomic E-state index is 12.7. The Kier molecular flexibility index (Phi) is 6.43. The van der Waals surface area contributed by atoms with Crippen LogP contribution in [0.15, 0.2) is 24.5 Å². The van der Waals surface area contributed by atoms with Crippen molar-refractivity contribution in [3.8, 4) is 5.82 Å². The number of nitrogens with zero attached hydrogens (tertiary/aromatic N) is 4. The third kappa shape index (κ3) is 4.96. The van der Waals surface area contributed by atoms with Crippen molar-refractivity contribution in [2.75, 3.05) is 38.6 Å². The van der Waals surface area contributed by atoms with Crippen LogP contribution in [0.3, 0.4) is 0 Å². The molecule has 0 unspecified atom stereocenters. The average Bonchev–Trinajstić information content (AvgIpc) is 3.09. The van der Waals surface area contributed by atoms with Gasteiger partial charge in [0, 0.05) is 25.8 Å². The molecule has 0 spiro atoms. The number of nitrogens with one attached hydrogen (secondary N) is 1. The van der Waals surface area contributed by atoms with E-state index in [1.165, 1.54) is 15.2 Å². The van der Waals surface area contributed by atoms with Crippen molar-refractivity contribution in [3.05, 3.63) is 41.3 Å². The molecule has 1 N–H and O–H groups in total. The van der Waals surface area contributed by atoms with Gasteiger partial charge < -0.3 is 10.1 Å². The quantitative estimate of drug-likeness (QED) is 0.708. The molecule has 1 saturated heterocycles. The van der Waals surface area contributed by atoms with Gasteiger partial charge in [0.05, 0.1) is 42.0 Å². The Morgan fingerprint density at radius 2 is 1.93 bits per heavy atom. The summed E-state index contributed by atoms with van der Waals surface area (Å²) in [4.78, 5) is 16.1. The van der Waals surface area contributed by atoms with Gasteiger partial charge in [-0.15, -0.1) is 0 Å². The second-order valence-corrected chi connectivity index (χ2v) is 8.63. The van der Waals surface area contributed by atoms with Crippen molar-refractivity contribution in [1.29, 1.82) is 0 Å². The lowest BCUT2D eigenvalue weighted by molar-refractivity contribution is -0.137. The van der Waals surface area contributed by atoms with Gasteiger partial charge in [0.15, 0.2) is 5.82 Å². The second-order valence-electron chi connectivity index (χ2n) is 6.54. The number of carbonyl (C=O) groups excluding carboxylic acids is 1. The highest BCUT2D eigenvalue weighted by molar-refractivity contribution is 7.89. The summed E-state index contributed by atoms with van der Waals surface area (Å²) in [5.74, 6) is -0.677. The number of amides is 1. The molecule has 2 aromatic heterocycles. The summed E-state index contributed by atoms with van der Waals surface area (Å²) in [6, 6.07) is 2.03. The summed E-state index contributed by atoms with van der Waals surface area (Å²) in [5, 5.41) is 6.53. The first-order chi connectivity index (χ1) is 14.1. The lowest BCUT2D eigenvalue weighted by Gasteiger charge is -2.26. The van der Waals surface area contributed by atoms with E-state index in [1.54, 1.807) is 6.92 Å². The van der Waals surface area contributed by atoms with E-state index < -0.39 is 27.7 Å². The number of rotatable bonds is 6. The Labute approximate surface area is 170 Å². The van der Waals surface area contributed by atoms with Gasteiger partial charge in [0.2, 0.25) is 10.0 Å². The third-order valence-electron chi connectivity index (χ3n) is 4.56. The van der Waals surface area contributed by atoms with E-state index >= 15 is 0 Å². The number of halogens is 3. The van der Waals surface area contributed by atoms with Crippen LogP contribution in [0.5, 0.6) is 0 Å². The Balaban J connectivity index is 1.63. The number of sulfonamides is 1. The highest BCUT2D eigenvalue weighted by Gasteiger charge is 2.31. The molecule has 2 aromatic rings.